The smallest absolute Gasteiger partial charge is 0.303 e. The zero-order chi connectivity index (χ0) is 15.3. The number of carbonyl (C=O) groups is 2. The molecule has 5 atom stereocenters. The molecular weight excluding hydrogens is 256 g/mol. The zero-order valence-electron chi connectivity index (χ0n) is 12.1. The molecule has 2 saturated carbocycles. The van der Waals surface area contributed by atoms with Gasteiger partial charge in [-0.1, -0.05) is 19.9 Å². The van der Waals surface area contributed by atoms with Crippen molar-refractivity contribution in [3.8, 4) is 0 Å². The van der Waals surface area contributed by atoms with Crippen molar-refractivity contribution in [2.24, 2.45) is 29.1 Å². The molecule has 20 heavy (non-hydrogen) atoms. The Balaban J connectivity index is 0.000000612. The summed E-state index contributed by atoms with van der Waals surface area (Å²) in [6.45, 7) is 8.34. The lowest BCUT2D eigenvalue weighted by atomic mass is 9.50. The third-order valence-electron chi connectivity index (χ3n) is 5.35. The van der Waals surface area contributed by atoms with Crippen molar-refractivity contribution in [2.75, 3.05) is 0 Å². The van der Waals surface area contributed by atoms with E-state index in [1.54, 1.807) is 0 Å². The first kappa shape index (κ1) is 16.5. The fourth-order valence-electron chi connectivity index (χ4n) is 3.96. The summed E-state index contributed by atoms with van der Waals surface area (Å²) < 4.78 is 0. The van der Waals surface area contributed by atoms with Gasteiger partial charge in [0.05, 0.1) is 0 Å². The summed E-state index contributed by atoms with van der Waals surface area (Å²) in [6, 6.07) is 0. The van der Waals surface area contributed by atoms with E-state index in [9.17, 15) is 9.59 Å². The number of Topliss-reactive ketones (excluding diaryl/α,β-unsaturated/α-hetero) is 1. The Kier molecular flexibility index (Phi) is 5.58. The molecule has 0 unspecified atom stereocenters. The van der Waals surface area contributed by atoms with E-state index in [1.807, 2.05) is 6.08 Å². The molecule has 4 nitrogen and oxygen atoms in total. The topological polar surface area (TPSA) is 68.3 Å². The van der Waals surface area contributed by atoms with Crippen LogP contribution in [-0.2, 0) is 19.2 Å². The molecule has 4 heteroatoms. The molecule has 2 rings (SSSR count). The molecule has 0 spiro atoms. The van der Waals surface area contributed by atoms with Crippen molar-refractivity contribution in [1.29, 1.82) is 0 Å². The molecule has 0 aromatic carbocycles. The molecule has 2 aliphatic rings. The molecule has 0 heterocycles. The van der Waals surface area contributed by atoms with Crippen LogP contribution in [0, 0.1) is 29.1 Å². The first-order chi connectivity index (χ1) is 9.46. The van der Waals surface area contributed by atoms with Crippen molar-refractivity contribution < 1.29 is 19.2 Å². The second-order valence-electron chi connectivity index (χ2n) is 6.12. The Morgan fingerprint density at radius 3 is 2.45 bits per heavy atom. The van der Waals surface area contributed by atoms with Crippen LogP contribution in [0.1, 0.15) is 39.5 Å². The molecule has 0 amide bonds. The fourth-order valence-corrected chi connectivity index (χ4v) is 3.96. The third kappa shape index (κ3) is 2.80. The summed E-state index contributed by atoms with van der Waals surface area (Å²) in [5, 5.41) is 0. The summed E-state index contributed by atoms with van der Waals surface area (Å²) in [4.78, 5) is 39.6. The van der Waals surface area contributed by atoms with Crippen molar-refractivity contribution in [3.63, 3.8) is 0 Å². The molecule has 0 radical (unpaired) electrons. The van der Waals surface area contributed by atoms with Gasteiger partial charge < -0.3 is 4.79 Å². The molecule has 110 valence electrons. The van der Waals surface area contributed by atoms with Crippen molar-refractivity contribution in [3.05, 3.63) is 12.7 Å². The lowest BCUT2D eigenvalue weighted by molar-refractivity contribution is -0.191. The molecule has 0 bridgehead atoms. The Bertz CT molecular complexity index is 422. The van der Waals surface area contributed by atoms with E-state index < -0.39 is 0 Å². The molecule has 0 saturated heterocycles. The van der Waals surface area contributed by atoms with Gasteiger partial charge in [-0.2, -0.15) is 9.59 Å². The van der Waals surface area contributed by atoms with Crippen LogP contribution in [0.4, 0.5) is 0 Å². The maximum absolute atomic E-state index is 12.2. The fraction of sp³-hybridized carbons (Fsp3) is 0.688. The number of carbonyl (C=O) groups excluding carboxylic acids is 4. The largest absolute Gasteiger partial charge is 0.373 e. The second-order valence-corrected chi connectivity index (χ2v) is 6.12. The van der Waals surface area contributed by atoms with Gasteiger partial charge in [0.15, 0.2) is 0 Å². The quantitative estimate of drug-likeness (QED) is 0.574. The predicted molar refractivity (Wildman–Crippen MR) is 72.5 cm³/mol. The normalized spacial score (nSPS) is 39.6. The first-order valence-electron chi connectivity index (χ1n) is 7.06. The highest BCUT2D eigenvalue weighted by atomic mass is 16.2. The highest BCUT2D eigenvalue weighted by molar-refractivity contribution is 5.84. The van der Waals surface area contributed by atoms with Crippen molar-refractivity contribution >= 4 is 18.2 Å². The molecule has 2 aliphatic carbocycles. The summed E-state index contributed by atoms with van der Waals surface area (Å²) >= 11 is 0. The van der Waals surface area contributed by atoms with E-state index in [2.05, 4.69) is 20.4 Å². The molecule has 0 aliphatic heterocycles. The van der Waals surface area contributed by atoms with Crippen molar-refractivity contribution in [2.45, 2.75) is 39.5 Å². The van der Waals surface area contributed by atoms with E-state index in [4.69, 9.17) is 9.59 Å². The number of hydrogen-bond donors (Lipinski definition) is 0. The number of ketones is 1. The van der Waals surface area contributed by atoms with Gasteiger partial charge in [-0.25, -0.2) is 0 Å². The highest BCUT2D eigenvalue weighted by Crippen LogP contribution is 2.55. The van der Waals surface area contributed by atoms with Gasteiger partial charge >= 0.3 is 6.15 Å². The molecule has 0 aromatic rings. The van der Waals surface area contributed by atoms with Crippen LogP contribution >= 0.6 is 0 Å². The first-order valence-corrected chi connectivity index (χ1v) is 7.06. The van der Waals surface area contributed by atoms with E-state index in [0.29, 0.717) is 18.1 Å². The van der Waals surface area contributed by atoms with Crippen LogP contribution in [-0.4, -0.2) is 18.2 Å². The van der Waals surface area contributed by atoms with Crippen LogP contribution in [0.15, 0.2) is 12.7 Å². The van der Waals surface area contributed by atoms with Crippen LogP contribution in [0.25, 0.3) is 0 Å². The summed E-state index contributed by atoms with van der Waals surface area (Å²) in [5.74, 6) is 0.997. The number of fused-ring (bicyclic) bond motifs is 1. The number of hydrogen-bond acceptors (Lipinski definition) is 4. The van der Waals surface area contributed by atoms with Gasteiger partial charge in [-0.3, -0.25) is 4.79 Å². The van der Waals surface area contributed by atoms with E-state index in [1.165, 1.54) is 0 Å². The van der Waals surface area contributed by atoms with Crippen LogP contribution in [0.3, 0.4) is 0 Å². The average molecular weight is 278 g/mol. The van der Waals surface area contributed by atoms with E-state index in [0.717, 1.165) is 25.5 Å². The van der Waals surface area contributed by atoms with Crippen LogP contribution < -0.4 is 0 Å². The Morgan fingerprint density at radius 1 is 1.35 bits per heavy atom. The lowest BCUT2D eigenvalue weighted by Crippen LogP contribution is -2.51. The zero-order valence-corrected chi connectivity index (χ0v) is 12.1. The Labute approximate surface area is 119 Å². The van der Waals surface area contributed by atoms with Gasteiger partial charge in [0, 0.05) is 18.3 Å². The number of rotatable bonds is 2. The minimum atomic E-state index is -0.000162. The molecule has 2 fully saturated rings. The molecule has 0 N–H and O–H groups in total. The van der Waals surface area contributed by atoms with Crippen LogP contribution in [0.5, 0.6) is 0 Å². The van der Waals surface area contributed by atoms with Gasteiger partial charge in [0.2, 0.25) is 0 Å². The number of allylic oxidation sites excluding steroid dienone is 1. The maximum atomic E-state index is 12.2. The molecular formula is C16H22O4. The van der Waals surface area contributed by atoms with Crippen LogP contribution in [0.2, 0.25) is 0 Å². The van der Waals surface area contributed by atoms with Gasteiger partial charge in [0.1, 0.15) is 12.1 Å². The monoisotopic (exact) mass is 278 g/mol. The summed E-state index contributed by atoms with van der Waals surface area (Å²) in [6.07, 6.45) is 6.71. The summed E-state index contributed by atoms with van der Waals surface area (Å²) in [7, 11) is 0. The maximum Gasteiger partial charge on any atom is 0.373 e. The number of aldehydes is 1. The Morgan fingerprint density at radius 2 is 1.95 bits per heavy atom. The third-order valence-corrected chi connectivity index (χ3v) is 5.35. The van der Waals surface area contributed by atoms with E-state index >= 15 is 0 Å². The Hall–Kier alpha value is -1.54. The van der Waals surface area contributed by atoms with Gasteiger partial charge in [0.25, 0.3) is 0 Å². The standard InChI is InChI=1S/C15H22O2.CO2/c1-4-12-11(9-16)7-8-15(3)10(2)5-6-13(17)14(12)15;2-1-3/h4,9-12,14H,1,5-8H2,2-3H3;/t10-,11+,12+,14+,15+;/m1./s1. The van der Waals surface area contributed by atoms with Gasteiger partial charge in [-0.15, -0.1) is 6.58 Å². The van der Waals surface area contributed by atoms with Gasteiger partial charge in [-0.05, 0) is 36.5 Å². The highest BCUT2D eigenvalue weighted by Gasteiger charge is 2.53. The van der Waals surface area contributed by atoms with Crippen molar-refractivity contribution in [1.82, 2.24) is 0 Å². The predicted octanol–water partition coefficient (Wildman–Crippen LogP) is 2.44. The molecule has 0 aromatic heterocycles. The minimum Gasteiger partial charge on any atom is -0.303 e. The minimum absolute atomic E-state index is 0.000162. The second kappa shape index (κ2) is 6.76. The average Bonchev–Trinajstić information content (AvgIpc) is 2.43. The SMILES string of the molecule is C=C[C@H]1[C@H](C=O)CC[C@@]2(C)[C@H](C)CCC(=O)[C@H]12.O=C=O. The summed E-state index contributed by atoms with van der Waals surface area (Å²) in [5.41, 5.74) is 0.0771. The van der Waals surface area contributed by atoms with E-state index in [-0.39, 0.29) is 29.3 Å². The lowest BCUT2D eigenvalue weighted by Gasteiger charge is -2.52.